The molecular formula is C21H32N4O2. The minimum Gasteiger partial charge on any atom is -0.378 e. The minimum atomic E-state index is 0.156. The third-order valence-corrected chi connectivity index (χ3v) is 6.15. The van der Waals surface area contributed by atoms with E-state index in [1.165, 1.54) is 24.1 Å². The number of amides is 2. The van der Waals surface area contributed by atoms with Crippen LogP contribution in [0.5, 0.6) is 0 Å². The molecule has 0 spiro atoms. The minimum absolute atomic E-state index is 0.156. The van der Waals surface area contributed by atoms with Gasteiger partial charge in [0.25, 0.3) is 0 Å². The smallest absolute Gasteiger partial charge is 0.319 e. The van der Waals surface area contributed by atoms with Crippen molar-refractivity contribution in [2.24, 2.45) is 5.92 Å². The summed E-state index contributed by atoms with van der Waals surface area (Å²) in [4.78, 5) is 21.3. The molecule has 4 fully saturated rings. The second-order valence-corrected chi connectivity index (χ2v) is 8.38. The van der Waals surface area contributed by atoms with Gasteiger partial charge in [0.1, 0.15) is 0 Å². The van der Waals surface area contributed by atoms with Gasteiger partial charge in [0.05, 0.1) is 13.2 Å². The Morgan fingerprint density at radius 2 is 1.96 bits per heavy atom. The molecule has 6 heteroatoms. The molecule has 0 aromatic heterocycles. The van der Waals surface area contributed by atoms with E-state index >= 15 is 0 Å². The van der Waals surface area contributed by atoms with Crippen LogP contribution in [-0.2, 0) is 11.3 Å². The van der Waals surface area contributed by atoms with Gasteiger partial charge in [-0.2, -0.15) is 0 Å². The number of morpholine rings is 1. The molecular weight excluding hydrogens is 340 g/mol. The molecule has 0 aliphatic carbocycles. The summed E-state index contributed by atoms with van der Waals surface area (Å²) in [6, 6.07) is 9.60. The van der Waals surface area contributed by atoms with Crippen molar-refractivity contribution in [3.8, 4) is 0 Å². The van der Waals surface area contributed by atoms with Gasteiger partial charge in [0, 0.05) is 65.1 Å². The molecule has 0 N–H and O–H groups in total. The topological polar surface area (TPSA) is 39.3 Å². The molecule has 2 amide bonds. The highest BCUT2D eigenvalue weighted by atomic mass is 16.5. The maximum Gasteiger partial charge on any atom is 0.319 e. The molecule has 4 heterocycles. The van der Waals surface area contributed by atoms with Gasteiger partial charge in [-0.25, -0.2) is 4.79 Å². The van der Waals surface area contributed by atoms with Crippen molar-refractivity contribution in [1.29, 1.82) is 0 Å². The van der Waals surface area contributed by atoms with E-state index in [0.717, 1.165) is 52.5 Å². The van der Waals surface area contributed by atoms with E-state index in [4.69, 9.17) is 4.74 Å². The van der Waals surface area contributed by atoms with Crippen molar-refractivity contribution in [3.63, 3.8) is 0 Å². The lowest BCUT2D eigenvalue weighted by Gasteiger charge is -2.36. The van der Waals surface area contributed by atoms with Crippen molar-refractivity contribution in [1.82, 2.24) is 14.7 Å². The molecule has 5 rings (SSSR count). The van der Waals surface area contributed by atoms with Crippen LogP contribution in [0, 0.1) is 5.92 Å². The quantitative estimate of drug-likeness (QED) is 0.815. The first-order valence-electron chi connectivity index (χ1n) is 10.2. The van der Waals surface area contributed by atoms with Gasteiger partial charge in [-0.15, -0.1) is 0 Å². The van der Waals surface area contributed by atoms with Crippen LogP contribution in [0.25, 0.3) is 0 Å². The molecule has 148 valence electrons. The Labute approximate surface area is 162 Å². The lowest BCUT2D eigenvalue weighted by atomic mass is 9.94. The number of piperidine rings is 1. The fourth-order valence-corrected chi connectivity index (χ4v) is 4.72. The fourth-order valence-electron chi connectivity index (χ4n) is 4.72. The molecule has 4 aliphatic heterocycles. The third-order valence-electron chi connectivity index (χ3n) is 6.15. The van der Waals surface area contributed by atoms with E-state index in [0.29, 0.717) is 12.0 Å². The average Bonchev–Trinajstić information content (AvgIpc) is 3.00. The standard InChI is InChI=1S/C21H32N4O2/c1-22(2)21(26)25-15-18-6-7-20(16-25)24(14-18)13-17-4-3-5-19(12-17)23-8-10-27-11-9-23/h3-5,12,18,20H,6-11,13-16H2,1-2H3/t18-,20-/m0/s1. The van der Waals surface area contributed by atoms with Gasteiger partial charge in [-0.1, -0.05) is 12.1 Å². The van der Waals surface area contributed by atoms with Crippen LogP contribution in [-0.4, -0.2) is 86.8 Å². The first-order chi connectivity index (χ1) is 13.1. The zero-order valence-corrected chi connectivity index (χ0v) is 16.6. The molecule has 4 saturated heterocycles. The normalized spacial score (nSPS) is 26.1. The number of hydrogen-bond acceptors (Lipinski definition) is 4. The molecule has 6 nitrogen and oxygen atoms in total. The second kappa shape index (κ2) is 8.07. The summed E-state index contributed by atoms with van der Waals surface area (Å²) in [7, 11) is 3.70. The molecule has 0 saturated carbocycles. The molecule has 4 aliphatic rings. The number of anilines is 1. The number of carbonyl (C=O) groups excluding carboxylic acids is 1. The number of ether oxygens (including phenoxy) is 1. The number of nitrogens with zero attached hydrogens (tertiary/aromatic N) is 4. The van der Waals surface area contributed by atoms with Crippen molar-refractivity contribution < 1.29 is 9.53 Å². The summed E-state index contributed by atoms with van der Waals surface area (Å²) in [5, 5.41) is 0. The first-order valence-corrected chi connectivity index (χ1v) is 10.2. The van der Waals surface area contributed by atoms with E-state index < -0.39 is 0 Å². The molecule has 2 atom stereocenters. The van der Waals surface area contributed by atoms with Crippen LogP contribution in [0.4, 0.5) is 10.5 Å². The summed E-state index contributed by atoms with van der Waals surface area (Å²) in [6.45, 7) is 7.41. The van der Waals surface area contributed by atoms with Gasteiger partial charge in [-0.05, 0) is 36.5 Å². The summed E-state index contributed by atoms with van der Waals surface area (Å²) in [5.74, 6) is 0.593. The summed E-state index contributed by atoms with van der Waals surface area (Å²) >= 11 is 0. The number of urea groups is 1. The Hall–Kier alpha value is -1.79. The van der Waals surface area contributed by atoms with Crippen molar-refractivity contribution in [2.75, 3.05) is 64.9 Å². The van der Waals surface area contributed by atoms with Crippen LogP contribution >= 0.6 is 0 Å². The Kier molecular flexibility index (Phi) is 5.55. The third kappa shape index (κ3) is 4.22. The van der Waals surface area contributed by atoms with E-state index in [2.05, 4.69) is 39.0 Å². The van der Waals surface area contributed by atoms with Gasteiger partial charge in [-0.3, -0.25) is 4.90 Å². The highest BCUT2D eigenvalue weighted by Crippen LogP contribution is 2.30. The maximum atomic E-state index is 12.5. The van der Waals surface area contributed by atoms with Crippen molar-refractivity contribution >= 4 is 11.7 Å². The molecule has 27 heavy (non-hydrogen) atoms. The lowest BCUT2D eigenvalue weighted by Crippen LogP contribution is -2.45. The molecule has 1 aromatic rings. The highest BCUT2D eigenvalue weighted by Gasteiger charge is 2.36. The summed E-state index contributed by atoms with van der Waals surface area (Å²) < 4.78 is 5.48. The molecule has 1 aromatic carbocycles. The predicted octanol–water partition coefficient (Wildman–Crippen LogP) is 2.10. The van der Waals surface area contributed by atoms with Crippen LogP contribution in [0.2, 0.25) is 0 Å². The number of carbonyl (C=O) groups is 1. The lowest BCUT2D eigenvalue weighted by molar-refractivity contribution is 0.121. The number of rotatable bonds is 3. The van der Waals surface area contributed by atoms with Crippen molar-refractivity contribution in [2.45, 2.75) is 25.4 Å². The van der Waals surface area contributed by atoms with Crippen LogP contribution in [0.3, 0.4) is 0 Å². The Morgan fingerprint density at radius 1 is 1.15 bits per heavy atom. The van der Waals surface area contributed by atoms with E-state index in [9.17, 15) is 4.79 Å². The van der Waals surface area contributed by atoms with Crippen LogP contribution in [0.1, 0.15) is 18.4 Å². The fraction of sp³-hybridized carbons (Fsp3) is 0.667. The van der Waals surface area contributed by atoms with Gasteiger partial charge in [0.15, 0.2) is 0 Å². The average molecular weight is 373 g/mol. The van der Waals surface area contributed by atoms with Crippen molar-refractivity contribution in [3.05, 3.63) is 29.8 Å². The number of hydrogen-bond donors (Lipinski definition) is 0. The zero-order valence-electron chi connectivity index (χ0n) is 16.6. The molecule has 0 unspecified atom stereocenters. The largest absolute Gasteiger partial charge is 0.378 e. The Bertz CT molecular complexity index is 659. The van der Waals surface area contributed by atoms with Gasteiger partial charge < -0.3 is 19.4 Å². The Morgan fingerprint density at radius 3 is 2.74 bits per heavy atom. The second-order valence-electron chi connectivity index (χ2n) is 8.38. The maximum absolute atomic E-state index is 12.5. The number of fused-ring (bicyclic) bond motifs is 4. The predicted molar refractivity (Wildman–Crippen MR) is 107 cm³/mol. The monoisotopic (exact) mass is 372 g/mol. The van der Waals surface area contributed by atoms with Crippen LogP contribution < -0.4 is 4.90 Å². The van der Waals surface area contributed by atoms with E-state index in [-0.39, 0.29) is 6.03 Å². The highest BCUT2D eigenvalue weighted by molar-refractivity contribution is 5.74. The summed E-state index contributed by atoms with van der Waals surface area (Å²) in [5.41, 5.74) is 2.68. The van der Waals surface area contributed by atoms with E-state index in [1.807, 2.05) is 14.1 Å². The SMILES string of the molecule is CN(C)C(=O)N1C[C@H]2CC[C@@H](C1)N(Cc1cccc(N3CCOCC3)c1)C2. The molecule has 2 bridgehead atoms. The Balaban J connectivity index is 1.44. The van der Waals surface area contributed by atoms with Crippen LogP contribution in [0.15, 0.2) is 24.3 Å². The van der Waals surface area contributed by atoms with Gasteiger partial charge in [0.2, 0.25) is 0 Å². The number of benzene rings is 1. The van der Waals surface area contributed by atoms with Gasteiger partial charge >= 0.3 is 6.03 Å². The summed E-state index contributed by atoms with van der Waals surface area (Å²) in [6.07, 6.45) is 2.44. The zero-order chi connectivity index (χ0) is 18.8. The van der Waals surface area contributed by atoms with E-state index in [1.54, 1.807) is 4.90 Å². The molecule has 0 radical (unpaired) electrons. The first kappa shape index (κ1) is 18.6.